The Morgan fingerprint density at radius 2 is 1.67 bits per heavy atom. The van der Waals surface area contributed by atoms with Crippen molar-refractivity contribution in [3.8, 4) is 0 Å². The zero-order valence-electron chi connectivity index (χ0n) is 11.1. The molecule has 0 aromatic heterocycles. The van der Waals surface area contributed by atoms with Gasteiger partial charge in [0.2, 0.25) is 5.91 Å². The molecular formula is C12H25N3O2S. The van der Waals surface area contributed by atoms with Gasteiger partial charge >= 0.3 is 0 Å². The first-order chi connectivity index (χ1) is 8.56. The zero-order valence-corrected chi connectivity index (χ0v) is 12.0. The van der Waals surface area contributed by atoms with Crippen LogP contribution in [0.1, 0.15) is 26.2 Å². The van der Waals surface area contributed by atoms with Crippen LogP contribution in [-0.4, -0.2) is 48.5 Å². The number of rotatable bonds is 10. The summed E-state index contributed by atoms with van der Waals surface area (Å²) < 4.78 is 0. The van der Waals surface area contributed by atoms with E-state index in [9.17, 15) is 9.59 Å². The molecule has 4 N–H and O–H groups in total. The second-order valence-electron chi connectivity index (χ2n) is 4.40. The van der Waals surface area contributed by atoms with Crippen molar-refractivity contribution in [3.05, 3.63) is 0 Å². The maximum Gasteiger partial charge on any atom is 0.226 e. The van der Waals surface area contributed by atoms with Gasteiger partial charge in [0.25, 0.3) is 0 Å². The Labute approximate surface area is 115 Å². The number of nitrogens with two attached hydrogens (primary N) is 2. The van der Waals surface area contributed by atoms with Crippen molar-refractivity contribution in [1.82, 2.24) is 4.90 Å². The molecule has 0 unspecified atom stereocenters. The van der Waals surface area contributed by atoms with Gasteiger partial charge in [-0.25, -0.2) is 0 Å². The molecule has 18 heavy (non-hydrogen) atoms. The van der Waals surface area contributed by atoms with Crippen molar-refractivity contribution in [2.45, 2.75) is 26.2 Å². The molecule has 0 aliphatic rings. The fraction of sp³-hybridized carbons (Fsp3) is 0.833. The van der Waals surface area contributed by atoms with E-state index in [0.29, 0.717) is 31.9 Å². The molecule has 0 aliphatic heterocycles. The van der Waals surface area contributed by atoms with Crippen LogP contribution in [-0.2, 0) is 9.59 Å². The number of carbonyl (C=O) groups is 2. The third kappa shape index (κ3) is 6.98. The Morgan fingerprint density at radius 1 is 1.17 bits per heavy atom. The number of nitrogens with zero attached hydrogens (tertiary/aromatic N) is 1. The van der Waals surface area contributed by atoms with E-state index in [1.165, 1.54) is 6.92 Å². The standard InChI is InChI=1S/C12H25N3O2S/c1-10(16)8-11(9-18)12(17)15(6-2-4-13)7-3-5-14/h11,18H,2-9,13-14H2,1H3/t11-/m0/s1. The second kappa shape index (κ2) is 10.3. The number of thiol groups is 1. The Hall–Kier alpha value is -0.590. The molecular weight excluding hydrogens is 250 g/mol. The lowest BCUT2D eigenvalue weighted by Crippen LogP contribution is -2.40. The SMILES string of the molecule is CC(=O)C[C@@H](CS)C(=O)N(CCCN)CCCN. The van der Waals surface area contributed by atoms with E-state index >= 15 is 0 Å². The van der Waals surface area contributed by atoms with Gasteiger partial charge in [-0.1, -0.05) is 0 Å². The summed E-state index contributed by atoms with van der Waals surface area (Å²) in [6, 6.07) is 0. The summed E-state index contributed by atoms with van der Waals surface area (Å²) in [4.78, 5) is 25.1. The molecule has 0 heterocycles. The van der Waals surface area contributed by atoms with E-state index in [1.54, 1.807) is 4.90 Å². The lowest BCUT2D eigenvalue weighted by molar-refractivity contribution is -0.137. The maximum absolute atomic E-state index is 12.3. The van der Waals surface area contributed by atoms with Gasteiger partial charge in [0.05, 0.1) is 5.92 Å². The van der Waals surface area contributed by atoms with Gasteiger partial charge in [-0.05, 0) is 32.9 Å². The Balaban J connectivity index is 4.51. The third-order valence-electron chi connectivity index (χ3n) is 2.68. The molecule has 0 aromatic carbocycles. The number of amides is 1. The van der Waals surface area contributed by atoms with Crippen LogP contribution in [0, 0.1) is 5.92 Å². The van der Waals surface area contributed by atoms with Crippen LogP contribution in [0.25, 0.3) is 0 Å². The van der Waals surface area contributed by atoms with Crippen molar-refractivity contribution in [2.24, 2.45) is 17.4 Å². The van der Waals surface area contributed by atoms with Gasteiger partial charge in [-0.15, -0.1) is 0 Å². The van der Waals surface area contributed by atoms with E-state index in [4.69, 9.17) is 11.5 Å². The number of hydrogen-bond donors (Lipinski definition) is 3. The van der Waals surface area contributed by atoms with E-state index in [0.717, 1.165) is 12.8 Å². The van der Waals surface area contributed by atoms with Crippen molar-refractivity contribution in [1.29, 1.82) is 0 Å². The lowest BCUT2D eigenvalue weighted by Gasteiger charge is -2.26. The molecule has 106 valence electrons. The molecule has 6 heteroatoms. The molecule has 0 bridgehead atoms. The van der Waals surface area contributed by atoms with Crippen LogP contribution in [0.5, 0.6) is 0 Å². The average molecular weight is 275 g/mol. The van der Waals surface area contributed by atoms with Gasteiger partial charge in [-0.2, -0.15) is 12.6 Å². The fourth-order valence-corrected chi connectivity index (χ4v) is 2.02. The Bertz CT molecular complexity index is 254. The lowest BCUT2D eigenvalue weighted by atomic mass is 10.0. The molecule has 0 saturated carbocycles. The monoisotopic (exact) mass is 275 g/mol. The molecule has 0 aliphatic carbocycles. The molecule has 1 atom stereocenters. The summed E-state index contributed by atoms with van der Waals surface area (Å²) in [5, 5.41) is 0. The van der Waals surface area contributed by atoms with E-state index in [2.05, 4.69) is 12.6 Å². The predicted octanol–water partition coefficient (Wildman–Crippen LogP) is 0.0377. The normalized spacial score (nSPS) is 12.2. The van der Waals surface area contributed by atoms with Crippen molar-refractivity contribution >= 4 is 24.3 Å². The minimum absolute atomic E-state index is 0.0119. The molecule has 0 aromatic rings. The van der Waals surface area contributed by atoms with Crippen LogP contribution in [0.3, 0.4) is 0 Å². The number of ketones is 1. The minimum atomic E-state index is -0.332. The van der Waals surface area contributed by atoms with Gasteiger partial charge in [-0.3, -0.25) is 4.79 Å². The highest BCUT2D eigenvalue weighted by Crippen LogP contribution is 2.12. The summed E-state index contributed by atoms with van der Waals surface area (Å²) in [6.07, 6.45) is 1.77. The summed E-state index contributed by atoms with van der Waals surface area (Å²) in [7, 11) is 0. The molecule has 0 rings (SSSR count). The quantitative estimate of drug-likeness (QED) is 0.491. The average Bonchev–Trinajstić information content (AvgIpc) is 2.35. The first-order valence-corrected chi connectivity index (χ1v) is 6.99. The first-order valence-electron chi connectivity index (χ1n) is 6.36. The van der Waals surface area contributed by atoms with Crippen LogP contribution < -0.4 is 11.5 Å². The highest BCUT2D eigenvalue weighted by Gasteiger charge is 2.23. The van der Waals surface area contributed by atoms with E-state index in [-0.39, 0.29) is 24.0 Å². The summed E-state index contributed by atoms with van der Waals surface area (Å²) in [5.74, 6) is 0.0589. The molecule has 5 nitrogen and oxygen atoms in total. The third-order valence-corrected chi connectivity index (χ3v) is 3.12. The van der Waals surface area contributed by atoms with Crippen LogP contribution in [0.15, 0.2) is 0 Å². The number of hydrogen-bond acceptors (Lipinski definition) is 5. The smallest absolute Gasteiger partial charge is 0.226 e. The zero-order chi connectivity index (χ0) is 14.0. The fourth-order valence-electron chi connectivity index (χ4n) is 1.73. The van der Waals surface area contributed by atoms with Crippen molar-refractivity contribution < 1.29 is 9.59 Å². The van der Waals surface area contributed by atoms with Gasteiger partial charge < -0.3 is 21.2 Å². The highest BCUT2D eigenvalue weighted by atomic mass is 32.1. The summed E-state index contributed by atoms with van der Waals surface area (Å²) in [6.45, 7) is 3.83. The molecule has 1 amide bonds. The minimum Gasteiger partial charge on any atom is -0.342 e. The molecule has 0 radical (unpaired) electrons. The second-order valence-corrected chi connectivity index (χ2v) is 4.76. The van der Waals surface area contributed by atoms with Gasteiger partial charge in [0, 0.05) is 25.3 Å². The van der Waals surface area contributed by atoms with E-state index in [1.807, 2.05) is 0 Å². The van der Waals surface area contributed by atoms with E-state index < -0.39 is 0 Å². The molecule has 0 spiro atoms. The van der Waals surface area contributed by atoms with Crippen LogP contribution in [0.4, 0.5) is 0 Å². The van der Waals surface area contributed by atoms with Crippen molar-refractivity contribution in [3.63, 3.8) is 0 Å². The van der Waals surface area contributed by atoms with Gasteiger partial charge in [0.15, 0.2) is 0 Å². The van der Waals surface area contributed by atoms with Gasteiger partial charge in [0.1, 0.15) is 5.78 Å². The summed E-state index contributed by atoms with van der Waals surface area (Å²) in [5.41, 5.74) is 10.9. The Kier molecular flexibility index (Phi) is 10.0. The number of Topliss-reactive ketones (excluding diaryl/α,β-unsaturated/α-hetero) is 1. The largest absolute Gasteiger partial charge is 0.342 e. The molecule has 0 saturated heterocycles. The Morgan fingerprint density at radius 3 is 2.00 bits per heavy atom. The van der Waals surface area contributed by atoms with Crippen LogP contribution >= 0.6 is 12.6 Å². The number of carbonyl (C=O) groups excluding carboxylic acids is 2. The van der Waals surface area contributed by atoms with Crippen LogP contribution in [0.2, 0.25) is 0 Å². The first kappa shape index (κ1) is 17.4. The topological polar surface area (TPSA) is 89.4 Å². The van der Waals surface area contributed by atoms with Crippen molar-refractivity contribution in [2.75, 3.05) is 31.9 Å². The highest BCUT2D eigenvalue weighted by molar-refractivity contribution is 7.80. The molecule has 0 fully saturated rings. The maximum atomic E-state index is 12.3. The summed E-state index contributed by atoms with van der Waals surface area (Å²) >= 11 is 4.16. The predicted molar refractivity (Wildman–Crippen MR) is 76.6 cm³/mol.